The van der Waals surface area contributed by atoms with Gasteiger partial charge < -0.3 is 20.3 Å². The summed E-state index contributed by atoms with van der Waals surface area (Å²) < 4.78 is 5.45. The number of nitrogens with two attached hydrogens (primary N) is 1. The molecule has 2 N–H and O–H groups in total. The number of methoxy groups -OCH3 is 1. The van der Waals surface area contributed by atoms with Gasteiger partial charge in [0.05, 0.1) is 29.6 Å². The van der Waals surface area contributed by atoms with Crippen molar-refractivity contribution in [3.05, 3.63) is 57.9 Å². The Labute approximate surface area is 183 Å². The fraction of sp³-hybridized carbons (Fsp3) is 0.273. The lowest BCUT2D eigenvalue weighted by Gasteiger charge is -2.34. The van der Waals surface area contributed by atoms with E-state index in [2.05, 4.69) is 4.98 Å². The van der Waals surface area contributed by atoms with Crippen LogP contribution in [0, 0.1) is 0 Å². The first kappa shape index (κ1) is 20.8. The van der Waals surface area contributed by atoms with Crippen molar-refractivity contribution in [2.24, 2.45) is 5.73 Å². The van der Waals surface area contributed by atoms with Crippen molar-refractivity contribution in [3.63, 3.8) is 0 Å². The van der Waals surface area contributed by atoms with Crippen LogP contribution in [0.4, 0.5) is 0 Å². The second-order valence-corrected chi connectivity index (χ2v) is 8.12. The van der Waals surface area contributed by atoms with E-state index in [-0.39, 0.29) is 23.8 Å². The van der Waals surface area contributed by atoms with E-state index < -0.39 is 5.91 Å². The maximum Gasteiger partial charge on any atom is 0.264 e. The van der Waals surface area contributed by atoms with E-state index in [1.165, 1.54) is 18.4 Å². The minimum atomic E-state index is -0.690. The Morgan fingerprint density at radius 3 is 2.42 bits per heavy atom. The molecule has 1 fully saturated rings. The van der Waals surface area contributed by atoms with Crippen LogP contribution in [-0.4, -0.2) is 65.8 Å². The van der Waals surface area contributed by atoms with E-state index in [4.69, 9.17) is 10.5 Å². The molecule has 9 heteroatoms. The quantitative estimate of drug-likeness (QED) is 0.655. The number of nitrogens with zero attached hydrogens (tertiary/aromatic N) is 3. The Bertz CT molecular complexity index is 1140. The number of ether oxygens (including phenoxy) is 1. The number of carbonyl (C=O) groups excluding carboxylic acids is 3. The highest BCUT2D eigenvalue weighted by molar-refractivity contribution is 7.12. The second kappa shape index (κ2) is 8.73. The molecule has 0 saturated carbocycles. The summed E-state index contributed by atoms with van der Waals surface area (Å²) in [5, 5.41) is 2.53. The summed E-state index contributed by atoms with van der Waals surface area (Å²) in [6.45, 7) is 1.76. The minimum absolute atomic E-state index is 0.0148. The molecule has 8 nitrogen and oxygen atoms in total. The van der Waals surface area contributed by atoms with Gasteiger partial charge in [-0.05, 0) is 23.6 Å². The van der Waals surface area contributed by atoms with Gasteiger partial charge in [0.25, 0.3) is 11.8 Å². The van der Waals surface area contributed by atoms with E-state index in [0.717, 1.165) is 0 Å². The Morgan fingerprint density at radius 1 is 1.06 bits per heavy atom. The highest BCUT2D eigenvalue weighted by atomic mass is 32.1. The van der Waals surface area contributed by atoms with Crippen molar-refractivity contribution >= 4 is 40.0 Å². The lowest BCUT2D eigenvalue weighted by molar-refractivity contribution is -0.132. The topological polar surface area (TPSA) is 106 Å². The Hall–Kier alpha value is -3.46. The highest BCUT2D eigenvalue weighted by Gasteiger charge is 2.28. The van der Waals surface area contributed by atoms with Gasteiger partial charge in [-0.15, -0.1) is 11.3 Å². The number of benzene rings is 1. The third kappa shape index (κ3) is 4.09. The molecule has 0 unspecified atom stereocenters. The summed E-state index contributed by atoms with van der Waals surface area (Å²) in [5.41, 5.74) is 6.65. The Balaban J connectivity index is 1.52. The van der Waals surface area contributed by atoms with Crippen LogP contribution in [0.5, 0.6) is 5.75 Å². The number of aromatic nitrogens is 1. The van der Waals surface area contributed by atoms with E-state index in [1.54, 1.807) is 28.0 Å². The van der Waals surface area contributed by atoms with Crippen molar-refractivity contribution < 1.29 is 19.1 Å². The van der Waals surface area contributed by atoms with Crippen LogP contribution >= 0.6 is 11.3 Å². The maximum absolute atomic E-state index is 13.0. The molecule has 3 heterocycles. The number of pyridine rings is 1. The van der Waals surface area contributed by atoms with Gasteiger partial charge in [0.1, 0.15) is 11.3 Å². The van der Waals surface area contributed by atoms with Crippen LogP contribution in [0.1, 0.15) is 25.7 Å². The molecular formula is C22H22N4O4S. The maximum atomic E-state index is 13.0. The number of primary amides is 1. The Morgan fingerprint density at radius 2 is 1.77 bits per heavy atom. The van der Waals surface area contributed by atoms with E-state index in [1.807, 2.05) is 23.6 Å². The summed E-state index contributed by atoms with van der Waals surface area (Å²) in [7, 11) is 1.46. The van der Waals surface area contributed by atoms with Gasteiger partial charge in [0.15, 0.2) is 0 Å². The zero-order valence-electron chi connectivity index (χ0n) is 17.0. The monoisotopic (exact) mass is 438 g/mol. The molecule has 0 bridgehead atoms. The number of rotatable bonds is 5. The zero-order chi connectivity index (χ0) is 22.0. The fourth-order valence-electron chi connectivity index (χ4n) is 3.79. The van der Waals surface area contributed by atoms with Crippen molar-refractivity contribution in [3.8, 4) is 5.75 Å². The zero-order valence-corrected chi connectivity index (χ0v) is 17.9. The number of amides is 3. The smallest absolute Gasteiger partial charge is 0.264 e. The average Bonchev–Trinajstić information content (AvgIpc) is 3.32. The van der Waals surface area contributed by atoms with Gasteiger partial charge >= 0.3 is 0 Å². The minimum Gasteiger partial charge on any atom is -0.495 e. The number of carbonyl (C=O) groups is 3. The first-order valence-electron chi connectivity index (χ1n) is 9.85. The SMILES string of the molecule is COc1c(C(N)=O)c(CC(=O)N2CCN(C(=O)c3cccs3)CC2)nc2ccccc12. The lowest BCUT2D eigenvalue weighted by Crippen LogP contribution is -2.51. The molecule has 1 aliphatic heterocycles. The van der Waals surface area contributed by atoms with Gasteiger partial charge in [-0.3, -0.25) is 19.4 Å². The van der Waals surface area contributed by atoms with E-state index in [0.29, 0.717) is 53.4 Å². The molecule has 3 aromatic rings. The predicted octanol–water partition coefficient (Wildman–Crippen LogP) is 1.93. The van der Waals surface area contributed by atoms with Gasteiger partial charge in [-0.1, -0.05) is 18.2 Å². The summed E-state index contributed by atoms with van der Waals surface area (Å²) in [5.74, 6) is -0.550. The molecule has 1 aliphatic rings. The van der Waals surface area contributed by atoms with E-state index in [9.17, 15) is 14.4 Å². The average molecular weight is 439 g/mol. The van der Waals surface area contributed by atoms with Crippen LogP contribution in [0.25, 0.3) is 10.9 Å². The van der Waals surface area contributed by atoms with Gasteiger partial charge in [0.2, 0.25) is 5.91 Å². The molecule has 1 saturated heterocycles. The van der Waals surface area contributed by atoms with Crippen molar-refractivity contribution in [2.75, 3.05) is 33.3 Å². The van der Waals surface area contributed by atoms with Gasteiger partial charge in [0, 0.05) is 31.6 Å². The van der Waals surface area contributed by atoms with Crippen LogP contribution in [0.3, 0.4) is 0 Å². The first-order chi connectivity index (χ1) is 15.0. The molecule has 0 radical (unpaired) electrons. The number of fused-ring (bicyclic) bond motifs is 1. The van der Waals surface area contributed by atoms with E-state index >= 15 is 0 Å². The lowest BCUT2D eigenvalue weighted by atomic mass is 10.0. The molecule has 3 amide bonds. The summed E-state index contributed by atoms with van der Waals surface area (Å²) in [4.78, 5) is 46.3. The molecular weight excluding hydrogens is 416 g/mol. The van der Waals surface area contributed by atoms with Crippen LogP contribution in [0.15, 0.2) is 41.8 Å². The third-order valence-electron chi connectivity index (χ3n) is 5.34. The van der Waals surface area contributed by atoms with Crippen molar-refractivity contribution in [1.29, 1.82) is 0 Å². The van der Waals surface area contributed by atoms with Gasteiger partial charge in [-0.25, -0.2) is 0 Å². The summed E-state index contributed by atoms with van der Waals surface area (Å²) in [6.07, 6.45) is -0.0711. The molecule has 31 heavy (non-hydrogen) atoms. The predicted molar refractivity (Wildman–Crippen MR) is 117 cm³/mol. The number of para-hydroxylation sites is 1. The molecule has 4 rings (SSSR count). The molecule has 0 spiro atoms. The summed E-state index contributed by atoms with van der Waals surface area (Å²) >= 11 is 1.41. The number of thiophene rings is 1. The van der Waals surface area contributed by atoms with Crippen molar-refractivity contribution in [2.45, 2.75) is 6.42 Å². The number of hydrogen-bond acceptors (Lipinski definition) is 6. The molecule has 160 valence electrons. The van der Waals surface area contributed by atoms with Crippen LogP contribution in [0.2, 0.25) is 0 Å². The number of hydrogen-bond donors (Lipinski definition) is 1. The van der Waals surface area contributed by atoms with Crippen LogP contribution in [-0.2, 0) is 11.2 Å². The normalized spacial score (nSPS) is 14.0. The largest absolute Gasteiger partial charge is 0.495 e. The molecule has 2 aromatic heterocycles. The second-order valence-electron chi connectivity index (χ2n) is 7.18. The van der Waals surface area contributed by atoms with Gasteiger partial charge in [-0.2, -0.15) is 0 Å². The fourth-order valence-corrected chi connectivity index (χ4v) is 4.49. The van der Waals surface area contributed by atoms with Crippen molar-refractivity contribution in [1.82, 2.24) is 14.8 Å². The molecule has 0 aliphatic carbocycles. The number of piperazine rings is 1. The highest BCUT2D eigenvalue weighted by Crippen LogP contribution is 2.31. The standard InChI is InChI=1S/C22H22N4O4S/c1-30-20-14-5-2-3-6-15(14)24-16(19(20)21(23)28)13-18(27)25-8-10-26(11-9-25)22(29)17-7-4-12-31-17/h2-7,12H,8-11,13H2,1H3,(H2,23,28). The summed E-state index contributed by atoms with van der Waals surface area (Å²) in [6, 6.07) is 10.9. The molecule has 0 atom stereocenters. The molecule has 1 aromatic carbocycles. The third-order valence-corrected chi connectivity index (χ3v) is 6.20. The van der Waals surface area contributed by atoms with Crippen LogP contribution < -0.4 is 10.5 Å². The first-order valence-corrected chi connectivity index (χ1v) is 10.7. The Kier molecular flexibility index (Phi) is 5.85.